The second-order valence-corrected chi connectivity index (χ2v) is 7.23. The first-order valence-corrected chi connectivity index (χ1v) is 8.97. The van der Waals surface area contributed by atoms with Gasteiger partial charge in [-0.25, -0.2) is 0 Å². The van der Waals surface area contributed by atoms with E-state index >= 15 is 0 Å². The van der Waals surface area contributed by atoms with E-state index in [0.29, 0.717) is 11.7 Å². The van der Waals surface area contributed by atoms with Gasteiger partial charge < -0.3 is 15.0 Å². The van der Waals surface area contributed by atoms with Crippen LogP contribution in [0.25, 0.3) is 0 Å². The van der Waals surface area contributed by atoms with Crippen LogP contribution in [0.15, 0.2) is 22.7 Å². The fourth-order valence-electron chi connectivity index (χ4n) is 4.21. The lowest BCUT2D eigenvalue weighted by Crippen LogP contribution is -2.34. The van der Waals surface area contributed by atoms with Gasteiger partial charge in [-0.1, -0.05) is 24.1 Å². The highest BCUT2D eigenvalue weighted by Gasteiger charge is 2.36. The van der Waals surface area contributed by atoms with E-state index in [2.05, 4.69) is 22.3 Å². The Labute approximate surface area is 142 Å². The molecule has 0 radical (unpaired) electrons. The maximum atomic E-state index is 6.44. The zero-order valence-corrected chi connectivity index (χ0v) is 14.3. The summed E-state index contributed by atoms with van der Waals surface area (Å²) >= 11 is 0. The maximum absolute atomic E-state index is 6.44. The van der Waals surface area contributed by atoms with Gasteiger partial charge in [0.05, 0.1) is 12.6 Å². The summed E-state index contributed by atoms with van der Waals surface area (Å²) < 4.78 is 10.9. The number of benzene rings is 1. The minimum Gasteiger partial charge on any atom is -0.497 e. The van der Waals surface area contributed by atoms with Gasteiger partial charge in [0.2, 0.25) is 5.89 Å². The van der Waals surface area contributed by atoms with E-state index in [-0.39, 0.29) is 5.54 Å². The lowest BCUT2D eigenvalue weighted by Gasteiger charge is -2.24. The standard InChI is InChI=1S/C19H25N3O2/c1-23-15-7-8-16-13(11-15)5-4-6-14(16)12-17-21-18(22-24-17)19(20)9-2-3-10-19/h7-8,11,14H,2-6,9-10,12,20H2,1H3. The molecule has 0 amide bonds. The molecule has 1 unspecified atom stereocenters. The highest BCUT2D eigenvalue weighted by molar-refractivity contribution is 5.39. The van der Waals surface area contributed by atoms with Crippen molar-refractivity contribution >= 4 is 0 Å². The lowest BCUT2D eigenvalue weighted by atomic mass is 9.81. The van der Waals surface area contributed by atoms with Gasteiger partial charge >= 0.3 is 0 Å². The van der Waals surface area contributed by atoms with E-state index in [4.69, 9.17) is 15.0 Å². The number of aryl methyl sites for hydroxylation is 1. The molecule has 0 aliphatic heterocycles. The second kappa shape index (κ2) is 6.20. The number of ether oxygens (including phenoxy) is 1. The van der Waals surface area contributed by atoms with Crippen LogP contribution in [0.4, 0.5) is 0 Å². The Bertz CT molecular complexity index is 719. The summed E-state index contributed by atoms with van der Waals surface area (Å²) in [4.78, 5) is 4.64. The van der Waals surface area contributed by atoms with E-state index in [1.54, 1.807) is 7.11 Å². The van der Waals surface area contributed by atoms with E-state index in [9.17, 15) is 0 Å². The number of methoxy groups -OCH3 is 1. The lowest BCUT2D eigenvalue weighted by molar-refractivity contribution is 0.340. The number of rotatable bonds is 4. The van der Waals surface area contributed by atoms with Gasteiger partial charge in [0.1, 0.15) is 5.75 Å². The molecule has 1 aromatic heterocycles. The second-order valence-electron chi connectivity index (χ2n) is 7.23. The third kappa shape index (κ3) is 2.81. The number of aromatic nitrogens is 2. The van der Waals surface area contributed by atoms with Crippen molar-refractivity contribution in [1.29, 1.82) is 0 Å². The van der Waals surface area contributed by atoms with Crippen LogP contribution in [0, 0.1) is 0 Å². The maximum Gasteiger partial charge on any atom is 0.227 e. The first-order chi connectivity index (χ1) is 11.7. The zero-order valence-electron chi connectivity index (χ0n) is 14.3. The van der Waals surface area contributed by atoms with Crippen molar-refractivity contribution in [2.45, 2.75) is 62.8 Å². The molecular weight excluding hydrogens is 302 g/mol. The van der Waals surface area contributed by atoms with Crippen LogP contribution in [-0.4, -0.2) is 17.3 Å². The van der Waals surface area contributed by atoms with E-state index < -0.39 is 0 Å². The molecule has 24 heavy (non-hydrogen) atoms. The molecule has 2 aliphatic rings. The molecule has 1 fully saturated rings. The minimum absolute atomic E-state index is 0.375. The number of nitrogens with zero attached hydrogens (tertiary/aromatic N) is 2. The summed E-state index contributed by atoms with van der Waals surface area (Å²) in [5.74, 6) is 2.78. The number of fused-ring (bicyclic) bond motifs is 1. The average Bonchev–Trinajstić information content (AvgIpc) is 3.25. The smallest absolute Gasteiger partial charge is 0.227 e. The Balaban J connectivity index is 1.54. The van der Waals surface area contributed by atoms with Crippen LogP contribution in [0.1, 0.15) is 67.3 Å². The predicted molar refractivity (Wildman–Crippen MR) is 91.0 cm³/mol. The van der Waals surface area contributed by atoms with Gasteiger partial charge in [-0.05, 0) is 61.3 Å². The van der Waals surface area contributed by atoms with E-state index in [1.807, 2.05) is 6.07 Å². The molecule has 5 heteroatoms. The highest BCUT2D eigenvalue weighted by atomic mass is 16.5. The monoisotopic (exact) mass is 327 g/mol. The van der Waals surface area contributed by atoms with Crippen molar-refractivity contribution < 1.29 is 9.26 Å². The van der Waals surface area contributed by atoms with Crippen LogP contribution < -0.4 is 10.5 Å². The van der Waals surface area contributed by atoms with Crippen LogP contribution >= 0.6 is 0 Å². The van der Waals surface area contributed by atoms with Crippen molar-refractivity contribution in [3.05, 3.63) is 41.0 Å². The summed E-state index contributed by atoms with van der Waals surface area (Å²) in [7, 11) is 1.72. The fourth-order valence-corrected chi connectivity index (χ4v) is 4.21. The van der Waals surface area contributed by atoms with Crippen molar-refractivity contribution in [2.24, 2.45) is 5.73 Å². The van der Waals surface area contributed by atoms with Gasteiger partial charge in [-0.15, -0.1) is 0 Å². The summed E-state index contributed by atoms with van der Waals surface area (Å²) in [6.07, 6.45) is 8.47. The molecule has 5 nitrogen and oxygen atoms in total. The van der Waals surface area contributed by atoms with Crippen LogP contribution in [-0.2, 0) is 18.4 Å². The Morgan fingerprint density at radius 2 is 2.12 bits per heavy atom. The molecule has 1 atom stereocenters. The summed E-state index contributed by atoms with van der Waals surface area (Å²) in [5, 5.41) is 4.19. The van der Waals surface area contributed by atoms with Gasteiger partial charge in [0.25, 0.3) is 0 Å². The predicted octanol–water partition coefficient (Wildman–Crippen LogP) is 3.47. The summed E-state index contributed by atoms with van der Waals surface area (Å²) in [6, 6.07) is 6.40. The first kappa shape index (κ1) is 15.6. The van der Waals surface area contributed by atoms with Gasteiger partial charge in [-0.3, -0.25) is 0 Å². The van der Waals surface area contributed by atoms with E-state index in [0.717, 1.165) is 56.6 Å². The van der Waals surface area contributed by atoms with Gasteiger partial charge in [0, 0.05) is 6.42 Å². The molecule has 1 saturated carbocycles. The Hall–Kier alpha value is -1.88. The topological polar surface area (TPSA) is 74.2 Å². The van der Waals surface area contributed by atoms with Crippen molar-refractivity contribution in [1.82, 2.24) is 10.1 Å². The molecular formula is C19H25N3O2. The van der Waals surface area contributed by atoms with Crippen LogP contribution in [0.2, 0.25) is 0 Å². The van der Waals surface area contributed by atoms with Gasteiger partial charge in [-0.2, -0.15) is 4.98 Å². The Kier molecular flexibility index (Phi) is 4.04. The van der Waals surface area contributed by atoms with Crippen LogP contribution in [0.5, 0.6) is 5.75 Å². The number of hydrogen-bond acceptors (Lipinski definition) is 5. The fraction of sp³-hybridized carbons (Fsp3) is 0.579. The highest BCUT2D eigenvalue weighted by Crippen LogP contribution is 2.37. The molecule has 1 aromatic carbocycles. The Morgan fingerprint density at radius 3 is 2.92 bits per heavy atom. The summed E-state index contributed by atoms with van der Waals surface area (Å²) in [5.41, 5.74) is 8.84. The normalized spacial score (nSPS) is 22.3. The van der Waals surface area contributed by atoms with Crippen molar-refractivity contribution in [2.75, 3.05) is 7.11 Å². The Morgan fingerprint density at radius 1 is 1.29 bits per heavy atom. The van der Waals surface area contributed by atoms with Gasteiger partial charge in [0.15, 0.2) is 5.82 Å². The molecule has 4 rings (SSSR count). The molecule has 2 aliphatic carbocycles. The molecule has 0 bridgehead atoms. The van der Waals surface area contributed by atoms with Crippen molar-refractivity contribution in [3.63, 3.8) is 0 Å². The zero-order chi connectivity index (χ0) is 16.6. The third-order valence-electron chi connectivity index (χ3n) is 5.62. The molecule has 1 heterocycles. The quantitative estimate of drug-likeness (QED) is 0.930. The molecule has 2 aromatic rings. The third-order valence-corrected chi connectivity index (χ3v) is 5.62. The summed E-state index contributed by atoms with van der Waals surface area (Å²) in [6.45, 7) is 0. The molecule has 128 valence electrons. The number of hydrogen-bond donors (Lipinski definition) is 1. The average molecular weight is 327 g/mol. The van der Waals surface area contributed by atoms with Crippen LogP contribution in [0.3, 0.4) is 0 Å². The van der Waals surface area contributed by atoms with E-state index in [1.165, 1.54) is 17.5 Å². The first-order valence-electron chi connectivity index (χ1n) is 8.97. The largest absolute Gasteiger partial charge is 0.497 e. The molecule has 0 saturated heterocycles. The SMILES string of the molecule is COc1ccc2c(c1)CCCC2Cc1nc(C2(N)CCCC2)no1. The molecule has 0 spiro atoms. The van der Waals surface area contributed by atoms with Crippen molar-refractivity contribution in [3.8, 4) is 5.75 Å². The number of nitrogens with two attached hydrogens (primary N) is 1. The minimum atomic E-state index is -0.375. The molecule has 2 N–H and O–H groups in total.